The van der Waals surface area contributed by atoms with Crippen molar-refractivity contribution in [2.45, 2.75) is 6.54 Å². The summed E-state index contributed by atoms with van der Waals surface area (Å²) < 4.78 is 8.12. The molecule has 0 fully saturated rings. The smallest absolute Gasteiger partial charge is 0.176 e. The molecule has 2 aromatic carbocycles. The molecule has 0 atom stereocenters. The lowest BCUT2D eigenvalue weighted by Crippen LogP contribution is -2.19. The van der Waals surface area contributed by atoms with Crippen molar-refractivity contribution in [2.75, 3.05) is 17.7 Å². The normalized spacial score (nSPS) is 10.3. The highest BCUT2D eigenvalue weighted by Crippen LogP contribution is 2.17. The molecule has 0 bridgehead atoms. The van der Waals surface area contributed by atoms with Gasteiger partial charge < -0.3 is 15.4 Å². The lowest BCUT2D eigenvalue weighted by atomic mass is 10.2. The molecule has 0 aliphatic carbocycles. The van der Waals surface area contributed by atoms with Gasteiger partial charge in [0.05, 0.1) is 13.7 Å². The van der Waals surface area contributed by atoms with Crippen LogP contribution in [0.5, 0.6) is 5.75 Å². The maximum atomic E-state index is 5.33. The summed E-state index contributed by atoms with van der Waals surface area (Å²) in [5, 5.41) is 11.2. The van der Waals surface area contributed by atoms with Gasteiger partial charge in [0.2, 0.25) is 0 Å². The van der Waals surface area contributed by atoms with Crippen LogP contribution in [0.1, 0.15) is 5.56 Å². The van der Waals surface area contributed by atoms with Crippen LogP contribution in [0, 0.1) is 0 Å². The van der Waals surface area contributed by atoms with Crippen LogP contribution < -0.4 is 15.4 Å². The fourth-order valence-corrected chi connectivity index (χ4v) is 2.76. The SMILES string of the molecule is COc1cccc(NC(=S)Nc2ccn(Cc3ccc(Br)cc3)n2)c1. The maximum absolute atomic E-state index is 5.33. The van der Waals surface area contributed by atoms with E-state index in [1.807, 2.05) is 53.3 Å². The molecule has 2 N–H and O–H groups in total. The van der Waals surface area contributed by atoms with Crippen molar-refractivity contribution in [1.29, 1.82) is 0 Å². The number of nitrogens with one attached hydrogen (secondary N) is 2. The summed E-state index contributed by atoms with van der Waals surface area (Å²) in [5.74, 6) is 1.46. The van der Waals surface area contributed by atoms with Gasteiger partial charge in [0.15, 0.2) is 10.9 Å². The minimum absolute atomic E-state index is 0.474. The summed E-state index contributed by atoms with van der Waals surface area (Å²) in [5.41, 5.74) is 2.03. The number of benzene rings is 2. The minimum atomic E-state index is 0.474. The number of methoxy groups -OCH3 is 1. The Labute approximate surface area is 160 Å². The van der Waals surface area contributed by atoms with E-state index in [-0.39, 0.29) is 0 Å². The van der Waals surface area contributed by atoms with Crippen molar-refractivity contribution >= 4 is 44.8 Å². The van der Waals surface area contributed by atoms with Gasteiger partial charge in [-0.15, -0.1) is 0 Å². The van der Waals surface area contributed by atoms with E-state index in [9.17, 15) is 0 Å². The maximum Gasteiger partial charge on any atom is 0.176 e. The Kier molecular flexibility index (Phi) is 5.67. The molecule has 0 saturated carbocycles. The van der Waals surface area contributed by atoms with E-state index in [1.54, 1.807) is 7.11 Å². The average molecular weight is 417 g/mol. The van der Waals surface area contributed by atoms with Crippen LogP contribution in [0.2, 0.25) is 0 Å². The number of anilines is 2. The third-order valence-electron chi connectivity index (χ3n) is 3.47. The highest BCUT2D eigenvalue weighted by molar-refractivity contribution is 9.10. The first-order valence-corrected chi connectivity index (χ1v) is 8.82. The average Bonchev–Trinajstić information content (AvgIpc) is 3.04. The van der Waals surface area contributed by atoms with Gasteiger partial charge in [-0.25, -0.2) is 0 Å². The zero-order chi connectivity index (χ0) is 17.6. The van der Waals surface area contributed by atoms with Crippen molar-refractivity contribution in [3.05, 3.63) is 70.8 Å². The van der Waals surface area contributed by atoms with Gasteiger partial charge in [-0.05, 0) is 42.0 Å². The molecular weight excluding hydrogens is 400 g/mol. The Hall–Kier alpha value is -2.38. The van der Waals surface area contributed by atoms with E-state index in [4.69, 9.17) is 17.0 Å². The molecule has 128 valence electrons. The Morgan fingerprint density at radius 1 is 1.16 bits per heavy atom. The number of hydrogen-bond donors (Lipinski definition) is 2. The van der Waals surface area contributed by atoms with Crippen molar-refractivity contribution in [1.82, 2.24) is 9.78 Å². The predicted octanol–water partition coefficient (Wildman–Crippen LogP) is 4.51. The second kappa shape index (κ2) is 8.13. The van der Waals surface area contributed by atoms with Crippen molar-refractivity contribution in [3.63, 3.8) is 0 Å². The monoisotopic (exact) mass is 416 g/mol. The molecular formula is C18H17BrN4OS. The van der Waals surface area contributed by atoms with Gasteiger partial charge in [-0.1, -0.05) is 34.1 Å². The van der Waals surface area contributed by atoms with E-state index in [2.05, 4.69) is 43.8 Å². The van der Waals surface area contributed by atoms with Gasteiger partial charge in [0.1, 0.15) is 5.75 Å². The zero-order valence-electron chi connectivity index (χ0n) is 13.6. The first-order valence-electron chi connectivity index (χ1n) is 7.62. The topological polar surface area (TPSA) is 51.1 Å². The lowest BCUT2D eigenvalue weighted by molar-refractivity contribution is 0.415. The number of nitrogens with zero attached hydrogens (tertiary/aromatic N) is 2. The molecule has 0 unspecified atom stereocenters. The Balaban J connectivity index is 1.58. The van der Waals surface area contributed by atoms with Crippen LogP contribution in [0.25, 0.3) is 0 Å². The molecule has 0 radical (unpaired) electrons. The van der Waals surface area contributed by atoms with Gasteiger partial charge in [-0.3, -0.25) is 4.68 Å². The molecule has 7 heteroatoms. The van der Waals surface area contributed by atoms with Crippen molar-refractivity contribution in [2.24, 2.45) is 0 Å². The number of halogens is 1. The summed E-state index contributed by atoms with van der Waals surface area (Å²) >= 11 is 8.77. The zero-order valence-corrected chi connectivity index (χ0v) is 16.0. The standard InChI is InChI=1S/C18H17BrN4OS/c1-24-16-4-2-3-15(11-16)20-18(25)21-17-9-10-23(22-17)12-13-5-7-14(19)8-6-13/h2-11H,12H2,1H3,(H2,20,21,22,25). The molecule has 25 heavy (non-hydrogen) atoms. The molecule has 0 amide bonds. The molecule has 0 aliphatic heterocycles. The van der Waals surface area contributed by atoms with E-state index >= 15 is 0 Å². The van der Waals surface area contributed by atoms with Crippen molar-refractivity contribution < 1.29 is 4.74 Å². The fraction of sp³-hybridized carbons (Fsp3) is 0.111. The highest BCUT2D eigenvalue weighted by Gasteiger charge is 2.04. The van der Waals surface area contributed by atoms with Crippen LogP contribution in [0.4, 0.5) is 11.5 Å². The van der Waals surface area contributed by atoms with Gasteiger partial charge in [-0.2, -0.15) is 5.10 Å². The Morgan fingerprint density at radius 2 is 1.96 bits per heavy atom. The van der Waals surface area contributed by atoms with Gasteiger partial charge in [0, 0.05) is 28.5 Å². The molecule has 3 rings (SSSR count). The second-order valence-corrected chi connectivity index (χ2v) is 6.66. The largest absolute Gasteiger partial charge is 0.497 e. The summed E-state index contributed by atoms with van der Waals surface area (Å²) in [6.07, 6.45) is 1.92. The second-order valence-electron chi connectivity index (χ2n) is 5.34. The Bertz CT molecular complexity index is 864. The summed E-state index contributed by atoms with van der Waals surface area (Å²) in [7, 11) is 1.63. The fourth-order valence-electron chi connectivity index (χ4n) is 2.27. The van der Waals surface area contributed by atoms with E-state index in [0.29, 0.717) is 17.5 Å². The van der Waals surface area contributed by atoms with E-state index < -0.39 is 0 Å². The first-order chi connectivity index (χ1) is 12.1. The first kappa shape index (κ1) is 17.4. The quantitative estimate of drug-likeness (QED) is 0.599. The van der Waals surface area contributed by atoms with Gasteiger partial charge in [0.25, 0.3) is 0 Å². The number of thiocarbonyl (C=S) groups is 1. The Morgan fingerprint density at radius 3 is 2.72 bits per heavy atom. The van der Waals surface area contributed by atoms with Crippen molar-refractivity contribution in [3.8, 4) is 5.75 Å². The van der Waals surface area contributed by atoms with E-state index in [1.165, 1.54) is 5.56 Å². The third kappa shape index (κ3) is 5.04. The number of aromatic nitrogens is 2. The third-order valence-corrected chi connectivity index (χ3v) is 4.20. The highest BCUT2D eigenvalue weighted by atomic mass is 79.9. The molecule has 0 saturated heterocycles. The minimum Gasteiger partial charge on any atom is -0.497 e. The van der Waals surface area contributed by atoms with Crippen LogP contribution >= 0.6 is 28.1 Å². The summed E-state index contributed by atoms with van der Waals surface area (Å²) in [4.78, 5) is 0. The van der Waals surface area contributed by atoms with Crippen LogP contribution in [0.3, 0.4) is 0 Å². The number of ether oxygens (including phenoxy) is 1. The van der Waals surface area contributed by atoms with Gasteiger partial charge >= 0.3 is 0 Å². The molecule has 1 aromatic heterocycles. The number of rotatable bonds is 5. The molecule has 0 spiro atoms. The molecule has 5 nitrogen and oxygen atoms in total. The molecule has 0 aliphatic rings. The van der Waals surface area contributed by atoms with Crippen LogP contribution in [-0.4, -0.2) is 22.0 Å². The lowest BCUT2D eigenvalue weighted by Gasteiger charge is -2.09. The number of hydrogen-bond acceptors (Lipinski definition) is 3. The van der Waals surface area contributed by atoms with E-state index in [0.717, 1.165) is 15.9 Å². The summed E-state index contributed by atoms with van der Waals surface area (Å²) in [6.45, 7) is 0.699. The van der Waals surface area contributed by atoms with Crippen LogP contribution in [-0.2, 0) is 6.54 Å². The molecule has 3 aromatic rings. The van der Waals surface area contributed by atoms with Crippen LogP contribution in [0.15, 0.2) is 65.3 Å². The summed E-state index contributed by atoms with van der Waals surface area (Å²) in [6, 6.07) is 17.6. The predicted molar refractivity (Wildman–Crippen MR) is 108 cm³/mol. The molecule has 1 heterocycles.